The molecule has 2 unspecified atom stereocenters. The number of ketones is 1. The number of ether oxygens (including phenoxy) is 2. The first-order chi connectivity index (χ1) is 16.5. The number of allylic oxidation sites excluding steroid dienone is 1. The second-order valence-corrected chi connectivity index (χ2v) is 8.92. The Hall–Kier alpha value is -3.85. The quantitative estimate of drug-likeness (QED) is 0.584. The fraction of sp³-hybridized carbons (Fsp3) is 0.320. The molecule has 2 amide bonds. The molecule has 0 aliphatic carbocycles. The zero-order chi connectivity index (χ0) is 23.4. The predicted octanol–water partition coefficient (Wildman–Crippen LogP) is 3.31. The van der Waals surface area contributed by atoms with Crippen molar-refractivity contribution < 1.29 is 19.1 Å². The largest absolute Gasteiger partial charge is 0.452 e. The molecule has 0 saturated carbocycles. The van der Waals surface area contributed by atoms with Crippen LogP contribution in [0.1, 0.15) is 28.8 Å². The lowest BCUT2D eigenvalue weighted by Gasteiger charge is -2.46. The summed E-state index contributed by atoms with van der Waals surface area (Å²) in [6, 6.07) is 7.07. The van der Waals surface area contributed by atoms with Crippen molar-refractivity contribution in [3.8, 4) is 5.75 Å². The molecular formula is C25H25N5O4. The molecule has 2 bridgehead atoms. The van der Waals surface area contributed by atoms with E-state index in [2.05, 4.69) is 20.5 Å². The van der Waals surface area contributed by atoms with E-state index in [-0.39, 0.29) is 23.7 Å². The highest BCUT2D eigenvalue weighted by Crippen LogP contribution is 2.39. The molecule has 2 atom stereocenters. The zero-order valence-corrected chi connectivity index (χ0v) is 19.0. The third-order valence-corrected chi connectivity index (χ3v) is 6.80. The number of nitrogens with zero attached hydrogens (tertiary/aromatic N) is 3. The summed E-state index contributed by atoms with van der Waals surface area (Å²) in [6.07, 6.45) is 8.07. The van der Waals surface area contributed by atoms with Gasteiger partial charge in [-0.05, 0) is 43.2 Å². The number of morpholine rings is 1. The van der Waals surface area contributed by atoms with Crippen LogP contribution >= 0.6 is 0 Å². The Kier molecular flexibility index (Phi) is 4.80. The van der Waals surface area contributed by atoms with Crippen LogP contribution in [0.15, 0.2) is 42.4 Å². The lowest BCUT2D eigenvalue weighted by molar-refractivity contribution is -0.0224. The Balaban J connectivity index is 1.38. The van der Waals surface area contributed by atoms with Gasteiger partial charge in [-0.15, -0.1) is 0 Å². The molecule has 1 aromatic carbocycles. The molecular weight excluding hydrogens is 434 g/mol. The van der Waals surface area contributed by atoms with Crippen molar-refractivity contribution in [2.45, 2.75) is 25.0 Å². The smallest absolute Gasteiger partial charge is 0.318 e. The molecule has 0 radical (unpaired) electrons. The van der Waals surface area contributed by atoms with Gasteiger partial charge in [-0.25, -0.2) is 9.78 Å². The Morgan fingerprint density at radius 2 is 2.15 bits per heavy atom. The van der Waals surface area contributed by atoms with Crippen molar-refractivity contribution in [2.24, 2.45) is 7.05 Å². The van der Waals surface area contributed by atoms with Crippen LogP contribution in [0.3, 0.4) is 0 Å². The van der Waals surface area contributed by atoms with E-state index in [0.717, 1.165) is 48.3 Å². The number of amides is 2. The summed E-state index contributed by atoms with van der Waals surface area (Å²) in [5.74, 6) is 0.504. The minimum Gasteiger partial charge on any atom is -0.452 e. The molecule has 174 valence electrons. The van der Waals surface area contributed by atoms with Crippen LogP contribution in [-0.2, 0) is 11.8 Å². The first-order valence-electron chi connectivity index (χ1n) is 11.4. The number of fused-ring (bicyclic) bond motifs is 5. The van der Waals surface area contributed by atoms with Gasteiger partial charge in [-0.1, -0.05) is 0 Å². The summed E-state index contributed by atoms with van der Waals surface area (Å²) in [6.45, 7) is 1.59. The molecule has 6 heterocycles. The third kappa shape index (κ3) is 3.31. The Bertz CT molecular complexity index is 1350. The first-order valence-corrected chi connectivity index (χ1v) is 11.4. The van der Waals surface area contributed by atoms with Gasteiger partial charge < -0.3 is 29.6 Å². The van der Waals surface area contributed by atoms with Crippen LogP contribution in [0, 0.1) is 0 Å². The summed E-state index contributed by atoms with van der Waals surface area (Å²) in [4.78, 5) is 31.8. The summed E-state index contributed by atoms with van der Waals surface area (Å²) in [7, 11) is 3.49. The number of carbonyl (C=O) groups is 2. The number of piperidine rings is 1. The minimum atomic E-state index is -0.352. The first kappa shape index (κ1) is 20.7. The number of urea groups is 1. The molecule has 4 aliphatic rings. The maximum Gasteiger partial charge on any atom is 0.318 e. The van der Waals surface area contributed by atoms with E-state index in [9.17, 15) is 9.59 Å². The van der Waals surface area contributed by atoms with Crippen LogP contribution in [-0.4, -0.2) is 53.7 Å². The molecule has 7 rings (SSSR count). The number of hydrogen-bond donors (Lipinski definition) is 2. The fourth-order valence-electron chi connectivity index (χ4n) is 5.12. The minimum absolute atomic E-state index is 0.219. The van der Waals surface area contributed by atoms with Gasteiger partial charge in [0.05, 0.1) is 30.0 Å². The van der Waals surface area contributed by atoms with E-state index in [1.54, 1.807) is 24.3 Å². The molecule has 3 saturated heterocycles. The number of carbonyl (C=O) groups excluding carboxylic acids is 2. The standard InChI is InChI=1S/C25H25N5O4/c1-26-25(32)28-15-3-6-20-18(10-15)23(31)21(34-20)9-14-11-29(2)24-22(14)19(7-8-27-24)30-12-17-5-4-16(30)13-33-17/h3,6-11,16-17H,4-5,12-13H2,1-2H3,(H2,26,28,32). The van der Waals surface area contributed by atoms with Crippen molar-refractivity contribution in [3.05, 3.63) is 53.5 Å². The number of rotatable bonds is 3. The van der Waals surface area contributed by atoms with Crippen molar-refractivity contribution >= 4 is 40.3 Å². The van der Waals surface area contributed by atoms with Gasteiger partial charge in [0.15, 0.2) is 5.76 Å². The van der Waals surface area contributed by atoms with Crippen LogP contribution in [0.5, 0.6) is 5.75 Å². The number of aryl methyl sites for hydroxylation is 1. The predicted molar refractivity (Wildman–Crippen MR) is 128 cm³/mol. The van der Waals surface area contributed by atoms with Crippen molar-refractivity contribution in [1.82, 2.24) is 14.9 Å². The van der Waals surface area contributed by atoms with Crippen LogP contribution in [0.2, 0.25) is 0 Å². The van der Waals surface area contributed by atoms with Crippen molar-refractivity contribution in [1.29, 1.82) is 0 Å². The highest BCUT2D eigenvalue weighted by atomic mass is 16.5. The summed E-state index contributed by atoms with van der Waals surface area (Å²) < 4.78 is 13.8. The van der Waals surface area contributed by atoms with E-state index in [0.29, 0.717) is 23.0 Å². The second-order valence-electron chi connectivity index (χ2n) is 8.92. The average molecular weight is 460 g/mol. The summed E-state index contributed by atoms with van der Waals surface area (Å²) >= 11 is 0. The Morgan fingerprint density at radius 1 is 1.26 bits per heavy atom. The van der Waals surface area contributed by atoms with Crippen LogP contribution < -0.4 is 20.3 Å². The van der Waals surface area contributed by atoms with E-state index >= 15 is 0 Å². The third-order valence-electron chi connectivity index (χ3n) is 6.80. The van der Waals surface area contributed by atoms with Gasteiger partial charge in [0.25, 0.3) is 0 Å². The Labute approximate surface area is 196 Å². The highest BCUT2D eigenvalue weighted by molar-refractivity contribution is 6.16. The van der Waals surface area contributed by atoms with Crippen LogP contribution in [0.25, 0.3) is 17.1 Å². The molecule has 0 spiro atoms. The normalized spacial score (nSPS) is 22.2. The fourth-order valence-corrected chi connectivity index (χ4v) is 5.12. The molecule has 3 fully saturated rings. The monoisotopic (exact) mass is 459 g/mol. The number of nitrogens with one attached hydrogen (secondary N) is 2. The highest BCUT2D eigenvalue weighted by Gasteiger charge is 2.36. The SMILES string of the molecule is CNC(=O)Nc1ccc2c(c1)C(=O)C(=Cc1cn(C)c3nccc(N4CC5CCC4CO5)c13)O2. The molecule has 34 heavy (non-hydrogen) atoms. The summed E-state index contributed by atoms with van der Waals surface area (Å²) in [5.41, 5.74) is 3.78. The molecule has 4 aliphatic heterocycles. The van der Waals surface area contributed by atoms with E-state index < -0.39 is 0 Å². The lowest BCUT2D eigenvalue weighted by Crippen LogP contribution is -2.54. The van der Waals surface area contributed by atoms with Gasteiger partial charge in [-0.2, -0.15) is 0 Å². The molecule has 2 N–H and O–H groups in total. The van der Waals surface area contributed by atoms with Gasteiger partial charge in [-0.3, -0.25) is 4.79 Å². The van der Waals surface area contributed by atoms with Gasteiger partial charge in [0.1, 0.15) is 11.4 Å². The van der Waals surface area contributed by atoms with Gasteiger partial charge in [0.2, 0.25) is 5.78 Å². The van der Waals surface area contributed by atoms with E-state index in [4.69, 9.17) is 9.47 Å². The molecule has 9 nitrogen and oxygen atoms in total. The summed E-state index contributed by atoms with van der Waals surface area (Å²) in [5, 5.41) is 6.18. The van der Waals surface area contributed by atoms with Crippen molar-refractivity contribution in [3.63, 3.8) is 0 Å². The topological polar surface area (TPSA) is 97.7 Å². The number of Topliss-reactive ketones (excluding diaryl/α,β-unsaturated/α-hetero) is 1. The number of benzene rings is 1. The maximum atomic E-state index is 13.2. The molecule has 9 heteroatoms. The zero-order valence-electron chi connectivity index (χ0n) is 19.0. The second kappa shape index (κ2) is 7.88. The molecule has 3 aromatic rings. The number of pyridine rings is 1. The van der Waals surface area contributed by atoms with Gasteiger partial charge in [0, 0.05) is 49.7 Å². The van der Waals surface area contributed by atoms with Crippen LogP contribution in [0.4, 0.5) is 16.2 Å². The maximum absolute atomic E-state index is 13.2. The number of hydrogen-bond acceptors (Lipinski definition) is 6. The number of anilines is 2. The van der Waals surface area contributed by atoms with Crippen molar-refractivity contribution in [2.75, 3.05) is 30.4 Å². The lowest BCUT2D eigenvalue weighted by atomic mass is 9.95. The van der Waals surface area contributed by atoms with Gasteiger partial charge >= 0.3 is 6.03 Å². The number of aromatic nitrogens is 2. The Morgan fingerprint density at radius 3 is 2.88 bits per heavy atom. The van der Waals surface area contributed by atoms with E-state index in [1.165, 1.54) is 7.05 Å². The average Bonchev–Trinajstić information content (AvgIpc) is 3.36. The van der Waals surface area contributed by atoms with E-state index in [1.807, 2.05) is 30.1 Å². The molecule has 2 aromatic heterocycles.